The summed E-state index contributed by atoms with van der Waals surface area (Å²) in [7, 11) is 3.19. The van der Waals surface area contributed by atoms with Crippen molar-refractivity contribution in [3.8, 4) is 0 Å². The van der Waals surface area contributed by atoms with Gasteiger partial charge in [-0.1, -0.05) is 35.8 Å². The maximum absolute atomic E-state index is 7.17. The first-order chi connectivity index (χ1) is 5.13. The lowest BCUT2D eigenvalue weighted by atomic mass is 9.97. The summed E-state index contributed by atoms with van der Waals surface area (Å²) >= 11 is 0. The minimum Gasteiger partial charge on any atom is -0.402 e. The van der Waals surface area contributed by atoms with E-state index in [2.05, 4.69) is 0 Å². The fourth-order valence-electron chi connectivity index (χ4n) is 0.453. The summed E-state index contributed by atoms with van der Waals surface area (Å²) in [6.07, 6.45) is 0. The zero-order chi connectivity index (χ0) is 8.69. The molecule has 3 nitrogen and oxygen atoms in total. The van der Waals surface area contributed by atoms with E-state index < -0.39 is 7.32 Å². The molecule has 1 aromatic rings. The van der Waals surface area contributed by atoms with Gasteiger partial charge < -0.3 is 15.1 Å². The molecule has 0 aliphatic rings. The van der Waals surface area contributed by atoms with E-state index in [1.54, 1.807) is 0 Å². The van der Waals surface area contributed by atoms with Gasteiger partial charge in [0.25, 0.3) is 0 Å². The highest BCUT2D eigenvalue weighted by Crippen LogP contribution is 1.76. The summed E-state index contributed by atoms with van der Waals surface area (Å²) in [5.74, 6) is 0. The Bertz CT molecular complexity index is 176. The van der Waals surface area contributed by atoms with Gasteiger partial charge >= 0.3 is 7.32 Å². The second-order valence-corrected chi connectivity index (χ2v) is 1.76. The molecule has 0 aliphatic carbocycles. The molecule has 1 aromatic carbocycles. The summed E-state index contributed by atoms with van der Waals surface area (Å²) < 4.78 is 0. The molecule has 0 aromatic heterocycles. The van der Waals surface area contributed by atoms with Crippen molar-refractivity contribution in [2.75, 3.05) is 0 Å². The average molecular weight is 150 g/mol. The summed E-state index contributed by atoms with van der Waals surface area (Å²) in [5.41, 5.74) is 0.822. The first-order valence-electron chi connectivity index (χ1n) is 2.97. The van der Waals surface area contributed by atoms with Crippen LogP contribution in [0, 0.1) is 0 Å². The van der Waals surface area contributed by atoms with Gasteiger partial charge in [0.05, 0.1) is 0 Å². The lowest BCUT2D eigenvalue weighted by Crippen LogP contribution is -2.07. The Kier molecular flexibility index (Phi) is 5.56. The SMILES string of the molecule is OB(O)O.[B]c1ccccc1. The van der Waals surface area contributed by atoms with E-state index in [1.807, 2.05) is 30.3 Å². The largest absolute Gasteiger partial charge is 0.631 e. The molecular formula is C6H8B2O3. The molecule has 0 unspecified atom stereocenters. The van der Waals surface area contributed by atoms with Crippen LogP contribution in [0.3, 0.4) is 0 Å². The zero-order valence-electron chi connectivity index (χ0n) is 5.88. The van der Waals surface area contributed by atoms with Crippen LogP contribution < -0.4 is 5.46 Å². The lowest BCUT2D eigenvalue weighted by molar-refractivity contribution is 0.278. The molecule has 0 saturated carbocycles. The van der Waals surface area contributed by atoms with Gasteiger partial charge in [-0.05, 0) is 0 Å². The third kappa shape index (κ3) is 9.23. The molecule has 0 amide bonds. The van der Waals surface area contributed by atoms with Crippen LogP contribution in [-0.2, 0) is 0 Å². The molecule has 0 fully saturated rings. The molecule has 0 heterocycles. The predicted molar refractivity (Wildman–Crippen MR) is 44.2 cm³/mol. The first kappa shape index (κ1) is 10.2. The number of rotatable bonds is 0. The maximum atomic E-state index is 7.17. The van der Waals surface area contributed by atoms with Crippen molar-refractivity contribution >= 4 is 20.6 Å². The zero-order valence-corrected chi connectivity index (χ0v) is 5.88. The Labute approximate surface area is 66.9 Å². The molecule has 0 spiro atoms. The van der Waals surface area contributed by atoms with Crippen LogP contribution in [0.5, 0.6) is 0 Å². The van der Waals surface area contributed by atoms with Crippen LogP contribution >= 0.6 is 0 Å². The van der Waals surface area contributed by atoms with Crippen molar-refractivity contribution in [1.82, 2.24) is 0 Å². The van der Waals surface area contributed by atoms with E-state index in [1.165, 1.54) is 0 Å². The van der Waals surface area contributed by atoms with Gasteiger partial charge in [-0.25, -0.2) is 0 Å². The van der Waals surface area contributed by atoms with Crippen LogP contribution in [0.4, 0.5) is 0 Å². The highest BCUT2D eigenvalue weighted by molar-refractivity contribution is 6.32. The van der Waals surface area contributed by atoms with Crippen LogP contribution in [0.2, 0.25) is 0 Å². The van der Waals surface area contributed by atoms with Gasteiger partial charge in [-0.2, -0.15) is 0 Å². The highest BCUT2D eigenvalue weighted by atomic mass is 16.5. The molecular weight excluding hydrogens is 142 g/mol. The predicted octanol–water partition coefficient (Wildman–Crippen LogP) is -1.57. The van der Waals surface area contributed by atoms with E-state index in [0.717, 1.165) is 5.46 Å². The molecule has 0 bridgehead atoms. The molecule has 0 saturated heterocycles. The number of benzene rings is 1. The van der Waals surface area contributed by atoms with E-state index >= 15 is 0 Å². The number of hydrogen-bond donors (Lipinski definition) is 3. The second-order valence-electron chi connectivity index (χ2n) is 1.76. The quantitative estimate of drug-likeness (QED) is 0.391. The van der Waals surface area contributed by atoms with Crippen molar-refractivity contribution in [2.24, 2.45) is 0 Å². The van der Waals surface area contributed by atoms with E-state index in [0.29, 0.717) is 0 Å². The minimum atomic E-state index is -2.17. The van der Waals surface area contributed by atoms with E-state index in [9.17, 15) is 0 Å². The summed E-state index contributed by atoms with van der Waals surface area (Å²) in [6, 6.07) is 9.49. The second kappa shape index (κ2) is 5.97. The van der Waals surface area contributed by atoms with Crippen LogP contribution in [0.25, 0.3) is 0 Å². The third-order valence-corrected chi connectivity index (χ3v) is 0.800. The van der Waals surface area contributed by atoms with Crippen LogP contribution in [0.1, 0.15) is 0 Å². The van der Waals surface area contributed by atoms with Gasteiger partial charge in [-0.3, -0.25) is 0 Å². The van der Waals surface area contributed by atoms with Gasteiger partial charge in [0.1, 0.15) is 7.85 Å². The van der Waals surface area contributed by atoms with E-state index in [-0.39, 0.29) is 0 Å². The van der Waals surface area contributed by atoms with Crippen molar-refractivity contribution < 1.29 is 15.1 Å². The molecule has 0 aliphatic heterocycles. The van der Waals surface area contributed by atoms with Gasteiger partial charge in [0.15, 0.2) is 0 Å². The minimum absolute atomic E-state index is 0.822. The van der Waals surface area contributed by atoms with Crippen molar-refractivity contribution in [2.45, 2.75) is 0 Å². The fraction of sp³-hybridized carbons (Fsp3) is 0. The lowest BCUT2D eigenvalue weighted by Gasteiger charge is -1.83. The molecule has 56 valence electrons. The Morgan fingerprint density at radius 1 is 1.00 bits per heavy atom. The van der Waals surface area contributed by atoms with Gasteiger partial charge in [0.2, 0.25) is 0 Å². The van der Waals surface area contributed by atoms with Crippen molar-refractivity contribution in [3.05, 3.63) is 30.3 Å². The summed E-state index contributed by atoms with van der Waals surface area (Å²) in [4.78, 5) is 0. The first-order valence-corrected chi connectivity index (χ1v) is 2.97. The standard InChI is InChI=1S/C6H5B.BH3O3/c7-6-4-2-1-3-5-6;2-1(3)4/h1-5H;2-4H. The normalized spacial score (nSPS) is 7.91. The molecule has 0 atom stereocenters. The van der Waals surface area contributed by atoms with E-state index in [4.69, 9.17) is 22.9 Å². The smallest absolute Gasteiger partial charge is 0.402 e. The highest BCUT2D eigenvalue weighted by Gasteiger charge is 1.92. The number of hydrogen-bond acceptors (Lipinski definition) is 3. The monoisotopic (exact) mass is 150 g/mol. The summed E-state index contributed by atoms with van der Waals surface area (Å²) in [5, 5.41) is 21.5. The van der Waals surface area contributed by atoms with Crippen molar-refractivity contribution in [1.29, 1.82) is 0 Å². The van der Waals surface area contributed by atoms with Crippen LogP contribution in [0.15, 0.2) is 30.3 Å². The summed E-state index contributed by atoms with van der Waals surface area (Å²) in [6.45, 7) is 0. The Morgan fingerprint density at radius 3 is 1.55 bits per heavy atom. The van der Waals surface area contributed by atoms with Crippen molar-refractivity contribution in [3.63, 3.8) is 0 Å². The topological polar surface area (TPSA) is 60.7 Å². The molecule has 11 heavy (non-hydrogen) atoms. The van der Waals surface area contributed by atoms with Gasteiger partial charge in [-0.15, -0.1) is 0 Å². The molecule has 1 rings (SSSR count). The Hall–Kier alpha value is -0.770. The van der Waals surface area contributed by atoms with Crippen LogP contribution in [-0.4, -0.2) is 30.2 Å². The fourth-order valence-corrected chi connectivity index (χ4v) is 0.453. The average Bonchev–Trinajstić information content (AvgIpc) is 1.87. The van der Waals surface area contributed by atoms with Gasteiger partial charge in [0, 0.05) is 0 Å². The maximum Gasteiger partial charge on any atom is 0.631 e. The molecule has 5 heteroatoms. The Morgan fingerprint density at radius 2 is 1.36 bits per heavy atom. The Balaban J connectivity index is 0.000000218. The third-order valence-electron chi connectivity index (χ3n) is 0.800. The molecule has 2 radical (unpaired) electrons. The molecule has 3 N–H and O–H groups in total.